The van der Waals surface area contributed by atoms with Gasteiger partial charge in [0.15, 0.2) is 0 Å². The quantitative estimate of drug-likeness (QED) is 0.713. The predicted octanol–water partition coefficient (Wildman–Crippen LogP) is 3.78. The normalized spacial score (nSPS) is 42.5. The maximum absolute atomic E-state index is 6.06. The molecule has 3 heteroatoms. The van der Waals surface area contributed by atoms with Gasteiger partial charge in [-0.2, -0.15) is 0 Å². The van der Waals surface area contributed by atoms with E-state index >= 15 is 0 Å². The van der Waals surface area contributed by atoms with Gasteiger partial charge in [0, 0.05) is 32.7 Å². The first kappa shape index (κ1) is 16.9. The highest BCUT2D eigenvalue weighted by Gasteiger charge is 2.77. The molecule has 2 atom stereocenters. The summed E-state index contributed by atoms with van der Waals surface area (Å²) in [7, 11) is 2.22. The largest absolute Gasteiger partial charge is 0.494 e. The Morgan fingerprint density at radius 3 is 2.30 bits per heavy atom. The van der Waals surface area contributed by atoms with E-state index in [1.807, 2.05) is 0 Å². The van der Waals surface area contributed by atoms with Gasteiger partial charge < -0.3 is 14.5 Å². The Bertz CT molecular complexity index is 690. The molecule has 1 aromatic rings. The minimum Gasteiger partial charge on any atom is -0.494 e. The molecule has 5 fully saturated rings. The molecule has 6 rings (SSSR count). The average Bonchev–Trinajstić information content (AvgIpc) is 3.15. The molecule has 4 aliphatic carbocycles. The third-order valence-corrected chi connectivity index (χ3v) is 9.29. The number of nitrogens with zero attached hydrogens (tertiary/aromatic N) is 2. The fourth-order valence-corrected chi connectivity index (χ4v) is 7.87. The van der Waals surface area contributed by atoms with Crippen molar-refractivity contribution in [1.29, 1.82) is 0 Å². The Morgan fingerprint density at radius 1 is 0.963 bits per heavy atom. The van der Waals surface area contributed by atoms with Crippen LogP contribution in [0.15, 0.2) is 24.3 Å². The Labute approximate surface area is 164 Å². The van der Waals surface area contributed by atoms with Crippen molar-refractivity contribution in [3.8, 4) is 5.75 Å². The van der Waals surface area contributed by atoms with Crippen LogP contribution in [0, 0.1) is 23.2 Å². The van der Waals surface area contributed by atoms with E-state index < -0.39 is 0 Å². The van der Waals surface area contributed by atoms with E-state index in [0.717, 1.165) is 41.9 Å². The first-order chi connectivity index (χ1) is 13.2. The molecule has 1 aromatic carbocycles. The second kappa shape index (κ2) is 5.97. The van der Waals surface area contributed by atoms with Gasteiger partial charge in [0.05, 0.1) is 6.61 Å². The zero-order valence-corrected chi connectivity index (χ0v) is 16.8. The van der Waals surface area contributed by atoms with Crippen LogP contribution in [0.25, 0.3) is 0 Å². The van der Waals surface area contributed by atoms with E-state index in [-0.39, 0.29) is 0 Å². The fourth-order valence-electron chi connectivity index (χ4n) is 7.87. The monoisotopic (exact) mass is 366 g/mol. The van der Waals surface area contributed by atoms with Crippen molar-refractivity contribution in [2.24, 2.45) is 23.2 Å². The topological polar surface area (TPSA) is 15.7 Å². The Kier molecular flexibility index (Phi) is 3.73. The van der Waals surface area contributed by atoms with E-state index in [9.17, 15) is 0 Å². The van der Waals surface area contributed by atoms with Gasteiger partial charge in [-0.1, -0.05) is 12.1 Å². The summed E-state index contributed by atoms with van der Waals surface area (Å²) >= 11 is 0. The van der Waals surface area contributed by atoms with Crippen LogP contribution in [-0.4, -0.2) is 56.2 Å². The molecule has 1 spiro atoms. The number of hydrogen-bond acceptors (Lipinski definition) is 3. The number of rotatable bonds is 6. The summed E-state index contributed by atoms with van der Waals surface area (Å²) in [5.41, 5.74) is 2.96. The smallest absolute Gasteiger partial charge is 0.119 e. The summed E-state index contributed by atoms with van der Waals surface area (Å²) in [6.45, 7) is 6.82. The van der Waals surface area contributed by atoms with Gasteiger partial charge in [0.2, 0.25) is 0 Å². The van der Waals surface area contributed by atoms with Crippen LogP contribution < -0.4 is 4.74 Å². The minimum atomic E-state index is 0.528. The van der Waals surface area contributed by atoms with Crippen molar-refractivity contribution >= 4 is 0 Å². The maximum Gasteiger partial charge on any atom is 0.119 e. The van der Waals surface area contributed by atoms with Gasteiger partial charge >= 0.3 is 0 Å². The number of benzene rings is 1. The molecule has 0 radical (unpaired) electrons. The lowest BCUT2D eigenvalue weighted by atomic mass is 9.38. The highest BCUT2D eigenvalue weighted by atomic mass is 16.5. The lowest BCUT2D eigenvalue weighted by molar-refractivity contribution is -0.175. The standard InChI is InChI=1S/C24H34N2O/c1-25-8-10-26(11-9-25)7-2-12-27-22-5-3-18(4-6-22)23-15-20-13-19-14-21(16-23)24(19,20)17-23/h3-6,19-21H,2,7-17H2,1H3. The van der Waals surface area contributed by atoms with Crippen molar-refractivity contribution < 1.29 is 4.74 Å². The predicted molar refractivity (Wildman–Crippen MR) is 108 cm³/mol. The molecular formula is C24H34N2O. The van der Waals surface area contributed by atoms with Crippen molar-refractivity contribution in [3.63, 3.8) is 0 Å². The van der Waals surface area contributed by atoms with E-state index in [1.165, 1.54) is 52.0 Å². The molecular weight excluding hydrogens is 332 g/mol. The molecule has 0 amide bonds. The summed E-state index contributed by atoms with van der Waals surface area (Å²) in [5, 5.41) is 0. The minimum absolute atomic E-state index is 0.528. The summed E-state index contributed by atoms with van der Waals surface area (Å²) in [4.78, 5) is 4.99. The van der Waals surface area contributed by atoms with Crippen molar-refractivity contribution in [1.82, 2.24) is 9.80 Å². The SMILES string of the molecule is CN1CCN(CCCOc2ccc(C34CC5CC6CC(C3)C65C4)cc2)CC1. The number of hydrogen-bond donors (Lipinski definition) is 0. The second-order valence-corrected chi connectivity index (χ2v) is 10.4. The van der Waals surface area contributed by atoms with Crippen LogP contribution >= 0.6 is 0 Å². The van der Waals surface area contributed by atoms with Gasteiger partial charge in [-0.25, -0.2) is 0 Å². The number of likely N-dealkylation sites (N-methyl/N-ethyl adjacent to an activating group) is 1. The van der Waals surface area contributed by atoms with E-state index in [0.29, 0.717) is 5.41 Å². The highest BCUT2D eigenvalue weighted by molar-refractivity contribution is 5.40. The fraction of sp³-hybridized carbons (Fsp3) is 0.750. The van der Waals surface area contributed by atoms with Gasteiger partial charge in [0.25, 0.3) is 0 Å². The molecule has 2 bridgehead atoms. The van der Waals surface area contributed by atoms with Gasteiger partial charge in [-0.3, -0.25) is 0 Å². The van der Waals surface area contributed by atoms with Crippen LogP contribution in [0.5, 0.6) is 5.75 Å². The molecule has 1 aliphatic heterocycles. The van der Waals surface area contributed by atoms with E-state index in [2.05, 4.69) is 41.1 Å². The first-order valence-electron chi connectivity index (χ1n) is 11.3. The summed E-state index contributed by atoms with van der Waals surface area (Å²) in [6, 6.07) is 9.29. The molecule has 27 heavy (non-hydrogen) atoms. The third-order valence-electron chi connectivity index (χ3n) is 9.29. The van der Waals surface area contributed by atoms with Crippen LogP contribution in [0.4, 0.5) is 0 Å². The Morgan fingerprint density at radius 2 is 1.67 bits per heavy atom. The molecule has 146 valence electrons. The highest BCUT2D eigenvalue weighted by Crippen LogP contribution is 2.84. The Hall–Kier alpha value is -1.06. The maximum atomic E-state index is 6.06. The van der Waals surface area contributed by atoms with Crippen LogP contribution in [0.2, 0.25) is 0 Å². The zero-order valence-electron chi connectivity index (χ0n) is 16.8. The first-order valence-corrected chi connectivity index (χ1v) is 11.3. The van der Waals surface area contributed by atoms with Gasteiger partial charge in [-0.05, 0) is 91.9 Å². The molecule has 4 saturated carbocycles. The van der Waals surface area contributed by atoms with Crippen molar-refractivity contribution in [2.75, 3.05) is 46.4 Å². The van der Waals surface area contributed by atoms with Crippen molar-refractivity contribution in [2.45, 2.75) is 43.9 Å². The average molecular weight is 367 g/mol. The molecule has 3 nitrogen and oxygen atoms in total. The van der Waals surface area contributed by atoms with Crippen molar-refractivity contribution in [3.05, 3.63) is 29.8 Å². The van der Waals surface area contributed by atoms with Crippen LogP contribution in [-0.2, 0) is 5.41 Å². The lowest BCUT2D eigenvalue weighted by Crippen LogP contribution is -2.59. The number of piperazine rings is 1. The van der Waals surface area contributed by atoms with Gasteiger partial charge in [-0.15, -0.1) is 0 Å². The summed E-state index contributed by atoms with van der Waals surface area (Å²) < 4.78 is 6.06. The number of fused-ring (bicyclic) bond motifs is 1. The van der Waals surface area contributed by atoms with E-state index in [4.69, 9.17) is 4.74 Å². The molecule has 1 heterocycles. The van der Waals surface area contributed by atoms with E-state index in [1.54, 1.807) is 18.4 Å². The molecule has 0 aromatic heterocycles. The zero-order chi connectivity index (χ0) is 18.1. The molecule has 0 N–H and O–H groups in total. The molecule has 5 aliphatic rings. The Balaban J connectivity index is 1.02. The van der Waals surface area contributed by atoms with Crippen LogP contribution in [0.1, 0.15) is 44.1 Å². The third kappa shape index (κ3) is 2.40. The second-order valence-electron chi connectivity index (χ2n) is 10.4. The summed E-state index contributed by atoms with van der Waals surface area (Å²) in [6.07, 6.45) is 8.68. The summed E-state index contributed by atoms with van der Waals surface area (Å²) in [5.74, 6) is 4.31. The molecule has 2 unspecified atom stereocenters. The molecule has 1 saturated heterocycles. The van der Waals surface area contributed by atoms with Gasteiger partial charge in [0.1, 0.15) is 5.75 Å². The number of ether oxygens (including phenoxy) is 1. The van der Waals surface area contributed by atoms with Crippen LogP contribution in [0.3, 0.4) is 0 Å². The lowest BCUT2D eigenvalue weighted by Gasteiger charge is -2.66.